The van der Waals surface area contributed by atoms with Crippen LogP contribution in [0.15, 0.2) is 76.4 Å². The van der Waals surface area contributed by atoms with E-state index in [-0.39, 0.29) is 16.9 Å². The van der Waals surface area contributed by atoms with Crippen LogP contribution in [0.2, 0.25) is 0 Å². The highest BCUT2D eigenvalue weighted by Gasteiger charge is 2.46. The fourth-order valence-electron chi connectivity index (χ4n) is 5.18. The van der Waals surface area contributed by atoms with Crippen molar-refractivity contribution >= 4 is 34.3 Å². The number of anilines is 1. The van der Waals surface area contributed by atoms with Crippen molar-refractivity contribution in [3.05, 3.63) is 97.6 Å². The predicted molar refractivity (Wildman–Crippen MR) is 136 cm³/mol. The van der Waals surface area contributed by atoms with Crippen molar-refractivity contribution in [3.63, 3.8) is 0 Å². The second-order valence-electron chi connectivity index (χ2n) is 9.79. The lowest BCUT2D eigenvalue weighted by molar-refractivity contribution is -0.384. The molecule has 1 aliphatic heterocycles. The van der Waals surface area contributed by atoms with E-state index in [1.165, 1.54) is 23.5 Å². The molecule has 1 atom stereocenters. The molecule has 8 heteroatoms. The lowest BCUT2D eigenvalue weighted by atomic mass is 9.69. The van der Waals surface area contributed by atoms with Gasteiger partial charge in [-0.15, -0.1) is 0 Å². The van der Waals surface area contributed by atoms with Gasteiger partial charge < -0.3 is 4.57 Å². The van der Waals surface area contributed by atoms with E-state index in [9.17, 15) is 20.2 Å². The van der Waals surface area contributed by atoms with Crippen LogP contribution in [0.3, 0.4) is 0 Å². The summed E-state index contributed by atoms with van der Waals surface area (Å²) in [5, 5.41) is 26.1. The number of carbonyl (C=O) groups is 1. The van der Waals surface area contributed by atoms with Crippen LogP contribution in [0, 0.1) is 33.8 Å². The number of aromatic nitrogens is 1. The van der Waals surface area contributed by atoms with Gasteiger partial charge in [-0.05, 0) is 58.8 Å². The van der Waals surface area contributed by atoms with Crippen LogP contribution in [-0.4, -0.2) is 15.3 Å². The number of benzene rings is 1. The van der Waals surface area contributed by atoms with Crippen molar-refractivity contribution < 1.29 is 9.72 Å². The van der Waals surface area contributed by atoms with Gasteiger partial charge in [-0.2, -0.15) is 16.6 Å². The molecule has 0 radical (unpaired) electrons. The van der Waals surface area contributed by atoms with Gasteiger partial charge in [-0.1, -0.05) is 19.9 Å². The second-order valence-corrected chi connectivity index (χ2v) is 10.6. The number of hydrogen-bond donors (Lipinski definition) is 0. The molecular formula is C27H24N4O3S. The van der Waals surface area contributed by atoms with E-state index in [0.717, 1.165) is 16.8 Å². The third-order valence-corrected chi connectivity index (χ3v) is 7.39. The Bertz CT molecular complexity index is 1440. The number of rotatable bonds is 4. The van der Waals surface area contributed by atoms with Gasteiger partial charge in [0.15, 0.2) is 5.78 Å². The van der Waals surface area contributed by atoms with Crippen LogP contribution in [-0.2, 0) is 4.79 Å². The van der Waals surface area contributed by atoms with Crippen molar-refractivity contribution in [2.75, 3.05) is 4.90 Å². The van der Waals surface area contributed by atoms with E-state index in [4.69, 9.17) is 0 Å². The third-order valence-electron chi connectivity index (χ3n) is 6.69. The number of Topliss-reactive ketones (excluding diaryl/α,β-unsaturated/α-hetero) is 1. The van der Waals surface area contributed by atoms with Crippen LogP contribution < -0.4 is 4.90 Å². The van der Waals surface area contributed by atoms with Gasteiger partial charge in [0, 0.05) is 42.2 Å². The Kier molecular flexibility index (Phi) is 5.45. The van der Waals surface area contributed by atoms with Gasteiger partial charge in [0.1, 0.15) is 5.82 Å². The number of hydrogen-bond acceptors (Lipinski definition) is 6. The zero-order chi connectivity index (χ0) is 24.9. The Morgan fingerprint density at radius 2 is 1.94 bits per heavy atom. The second kappa shape index (κ2) is 8.36. The maximum Gasteiger partial charge on any atom is 0.271 e. The number of thiophene rings is 1. The molecule has 3 aromatic rings. The summed E-state index contributed by atoms with van der Waals surface area (Å²) in [6.45, 7) is 6.01. The molecule has 7 nitrogen and oxygen atoms in total. The standard InChI is InChI=1S/C27H24N4O3S/c1-17-6-7-19(31(33)34)12-21(17)30-22-13-27(2,3)14-23(32)25(22)24(18-8-11-35-16-18)20(15-28)26(30)29-9-4-5-10-29/h4-12,16,24H,13-14H2,1-3H3/t24-/m1/s1. The number of nitriles is 1. The van der Waals surface area contributed by atoms with E-state index in [2.05, 4.69) is 19.9 Å². The Morgan fingerprint density at radius 1 is 1.20 bits per heavy atom. The maximum atomic E-state index is 13.7. The summed E-state index contributed by atoms with van der Waals surface area (Å²) >= 11 is 1.53. The monoisotopic (exact) mass is 484 g/mol. The van der Waals surface area contributed by atoms with E-state index in [1.807, 2.05) is 57.7 Å². The number of nitrogens with zero attached hydrogens (tertiary/aromatic N) is 4. The van der Waals surface area contributed by atoms with Crippen LogP contribution in [0.1, 0.15) is 43.7 Å². The largest absolute Gasteiger partial charge is 0.309 e. The fourth-order valence-corrected chi connectivity index (χ4v) is 5.87. The smallest absolute Gasteiger partial charge is 0.271 e. The number of carbonyl (C=O) groups excluding carboxylic acids is 1. The molecule has 5 rings (SSSR count). The summed E-state index contributed by atoms with van der Waals surface area (Å²) < 4.78 is 1.87. The minimum absolute atomic E-state index is 0.0137. The highest BCUT2D eigenvalue weighted by molar-refractivity contribution is 7.08. The highest BCUT2D eigenvalue weighted by Crippen LogP contribution is 2.52. The predicted octanol–water partition coefficient (Wildman–Crippen LogP) is 6.41. The third kappa shape index (κ3) is 3.78. The molecule has 0 N–H and O–H groups in total. The van der Waals surface area contributed by atoms with E-state index in [1.54, 1.807) is 6.07 Å². The van der Waals surface area contributed by atoms with Crippen LogP contribution in [0.25, 0.3) is 5.82 Å². The van der Waals surface area contributed by atoms with Crippen LogP contribution in [0.4, 0.5) is 11.4 Å². The molecule has 1 aromatic carbocycles. The molecular weight excluding hydrogens is 460 g/mol. The first kappa shape index (κ1) is 22.8. The number of allylic oxidation sites excluding steroid dienone is 3. The fraction of sp³-hybridized carbons (Fsp3) is 0.259. The minimum Gasteiger partial charge on any atom is -0.309 e. The molecule has 0 amide bonds. The van der Waals surface area contributed by atoms with E-state index in [0.29, 0.717) is 35.5 Å². The maximum absolute atomic E-state index is 13.7. The first-order valence-corrected chi connectivity index (χ1v) is 12.3. The summed E-state index contributed by atoms with van der Waals surface area (Å²) in [4.78, 5) is 26.9. The molecule has 176 valence electrons. The zero-order valence-electron chi connectivity index (χ0n) is 19.7. The van der Waals surface area contributed by atoms with Crippen molar-refractivity contribution in [2.45, 2.75) is 39.5 Å². The Hall–Kier alpha value is -3.96. The summed E-state index contributed by atoms with van der Waals surface area (Å²) in [6, 6.07) is 12.9. The van der Waals surface area contributed by atoms with E-state index < -0.39 is 10.8 Å². The van der Waals surface area contributed by atoms with E-state index >= 15 is 0 Å². The Morgan fingerprint density at radius 3 is 2.57 bits per heavy atom. The number of non-ortho nitro benzene ring substituents is 1. The molecule has 1 aliphatic carbocycles. The summed E-state index contributed by atoms with van der Waals surface area (Å²) in [5.74, 6) is 0.124. The van der Waals surface area contributed by atoms with Crippen molar-refractivity contribution in [1.82, 2.24) is 4.57 Å². The average molecular weight is 485 g/mol. The summed E-state index contributed by atoms with van der Waals surface area (Å²) in [7, 11) is 0. The molecule has 0 fully saturated rings. The lowest BCUT2D eigenvalue weighted by Crippen LogP contribution is -2.40. The van der Waals surface area contributed by atoms with Crippen molar-refractivity contribution in [1.29, 1.82) is 5.26 Å². The zero-order valence-corrected chi connectivity index (χ0v) is 20.5. The molecule has 3 heterocycles. The topological polar surface area (TPSA) is 92.2 Å². The first-order chi connectivity index (χ1) is 16.7. The SMILES string of the molecule is Cc1ccc([N+](=O)[O-])cc1N1C2=C(C(=O)CC(C)(C)C2)[C@H](c2ccsc2)C(C#N)=C1n1cccc1. The molecule has 2 aromatic heterocycles. The highest BCUT2D eigenvalue weighted by atomic mass is 32.1. The number of nitro benzene ring substituents is 1. The van der Waals surface area contributed by atoms with Crippen LogP contribution in [0.5, 0.6) is 0 Å². The number of nitro groups is 1. The normalized spacial score (nSPS) is 19.5. The molecule has 35 heavy (non-hydrogen) atoms. The molecule has 2 aliphatic rings. The van der Waals surface area contributed by atoms with Crippen molar-refractivity contribution in [2.24, 2.45) is 5.41 Å². The summed E-state index contributed by atoms with van der Waals surface area (Å²) in [6.07, 6.45) is 4.70. The van der Waals surface area contributed by atoms with Gasteiger partial charge in [-0.25, -0.2) is 0 Å². The number of ketones is 1. The number of aryl methyl sites for hydroxylation is 1. The van der Waals surface area contributed by atoms with Gasteiger partial charge >= 0.3 is 0 Å². The van der Waals surface area contributed by atoms with Crippen molar-refractivity contribution in [3.8, 4) is 6.07 Å². The van der Waals surface area contributed by atoms with Gasteiger partial charge in [0.05, 0.1) is 28.2 Å². The lowest BCUT2D eigenvalue weighted by Gasteiger charge is -2.45. The van der Waals surface area contributed by atoms with Gasteiger partial charge in [0.2, 0.25) is 0 Å². The first-order valence-electron chi connectivity index (χ1n) is 11.3. The molecule has 0 spiro atoms. The molecule has 0 unspecified atom stereocenters. The molecule has 0 saturated carbocycles. The Labute approximate surface area is 207 Å². The quantitative estimate of drug-likeness (QED) is 0.315. The minimum atomic E-state index is -0.488. The molecule has 0 bridgehead atoms. The summed E-state index contributed by atoms with van der Waals surface area (Å²) in [5.41, 5.74) is 3.83. The molecule has 0 saturated heterocycles. The van der Waals surface area contributed by atoms with Crippen LogP contribution >= 0.6 is 11.3 Å². The Balaban J connectivity index is 1.89. The van der Waals surface area contributed by atoms with Gasteiger partial charge in [-0.3, -0.25) is 19.8 Å². The van der Waals surface area contributed by atoms with Gasteiger partial charge in [0.25, 0.3) is 5.69 Å². The average Bonchev–Trinajstić information content (AvgIpc) is 3.51.